The molecule has 6 nitrogen and oxygen atoms in total. The van der Waals surface area contributed by atoms with E-state index in [2.05, 4.69) is 0 Å². The van der Waals surface area contributed by atoms with Gasteiger partial charge in [-0.2, -0.15) is 4.73 Å². The first-order chi connectivity index (χ1) is 11.0. The third kappa shape index (κ3) is 4.81. The van der Waals surface area contributed by atoms with Crippen molar-refractivity contribution in [1.82, 2.24) is 4.90 Å². The smallest absolute Gasteiger partial charge is 0.339 e. The Kier molecular flexibility index (Phi) is 5.30. The molecule has 2 aromatic rings. The number of carbonyl (C=O) groups excluding carboxylic acids is 2. The first-order valence-electron chi connectivity index (χ1n) is 7.11. The number of hydrogen-bond donors (Lipinski definition) is 0. The largest absolute Gasteiger partial charge is 0.619 e. The second kappa shape index (κ2) is 7.40. The van der Waals surface area contributed by atoms with Crippen LogP contribution in [-0.2, 0) is 16.1 Å². The van der Waals surface area contributed by atoms with E-state index in [1.165, 1.54) is 29.4 Å². The molecule has 6 heteroatoms. The number of likely N-dealkylation sites (N-methyl/N-ethyl adjacent to an activating group) is 1. The lowest BCUT2D eigenvalue weighted by Gasteiger charge is -2.17. The van der Waals surface area contributed by atoms with Gasteiger partial charge in [0.2, 0.25) is 0 Å². The number of pyridine rings is 1. The zero-order chi connectivity index (χ0) is 16.8. The number of benzene rings is 1. The molecule has 1 aromatic heterocycles. The second-order valence-corrected chi connectivity index (χ2v) is 5.26. The lowest BCUT2D eigenvalue weighted by molar-refractivity contribution is -0.605. The summed E-state index contributed by atoms with van der Waals surface area (Å²) in [7, 11) is 1.65. The van der Waals surface area contributed by atoms with Gasteiger partial charge in [-0.1, -0.05) is 29.8 Å². The molecule has 120 valence electrons. The molecule has 23 heavy (non-hydrogen) atoms. The third-order valence-electron chi connectivity index (χ3n) is 3.33. The van der Waals surface area contributed by atoms with E-state index in [1.807, 2.05) is 31.2 Å². The molecule has 0 radical (unpaired) electrons. The van der Waals surface area contributed by atoms with Crippen LogP contribution < -0.4 is 4.73 Å². The number of rotatable bonds is 5. The van der Waals surface area contributed by atoms with Gasteiger partial charge < -0.3 is 14.8 Å². The summed E-state index contributed by atoms with van der Waals surface area (Å²) in [4.78, 5) is 25.3. The molecule has 0 fully saturated rings. The molecule has 0 aliphatic heterocycles. The van der Waals surface area contributed by atoms with Crippen molar-refractivity contribution >= 4 is 11.9 Å². The zero-order valence-corrected chi connectivity index (χ0v) is 13.1. The zero-order valence-electron chi connectivity index (χ0n) is 13.1. The van der Waals surface area contributed by atoms with Crippen molar-refractivity contribution in [3.05, 3.63) is 70.7 Å². The number of aromatic nitrogens is 1. The van der Waals surface area contributed by atoms with Crippen molar-refractivity contribution in [2.75, 3.05) is 13.7 Å². The van der Waals surface area contributed by atoms with E-state index >= 15 is 0 Å². The van der Waals surface area contributed by atoms with Crippen LogP contribution in [0.15, 0.2) is 48.8 Å². The highest BCUT2D eigenvalue weighted by Crippen LogP contribution is 2.06. The van der Waals surface area contributed by atoms with Gasteiger partial charge in [0.1, 0.15) is 0 Å². The van der Waals surface area contributed by atoms with E-state index in [0.29, 0.717) is 11.3 Å². The Bertz CT molecular complexity index is 681. The predicted molar refractivity (Wildman–Crippen MR) is 83.3 cm³/mol. The number of amides is 1. The quantitative estimate of drug-likeness (QED) is 0.475. The fourth-order valence-corrected chi connectivity index (χ4v) is 1.93. The van der Waals surface area contributed by atoms with E-state index in [-0.39, 0.29) is 18.1 Å². The first-order valence-corrected chi connectivity index (χ1v) is 7.11. The van der Waals surface area contributed by atoms with Gasteiger partial charge in [0.05, 0.1) is 5.56 Å². The van der Waals surface area contributed by atoms with Gasteiger partial charge in [-0.15, -0.1) is 0 Å². The van der Waals surface area contributed by atoms with Crippen molar-refractivity contribution in [2.24, 2.45) is 0 Å². The van der Waals surface area contributed by atoms with E-state index < -0.39 is 5.97 Å². The van der Waals surface area contributed by atoms with Crippen LogP contribution in [-0.4, -0.2) is 30.4 Å². The lowest BCUT2D eigenvalue weighted by Crippen LogP contribution is -2.31. The van der Waals surface area contributed by atoms with Crippen LogP contribution in [0.5, 0.6) is 0 Å². The van der Waals surface area contributed by atoms with Gasteiger partial charge in [-0.25, -0.2) is 4.79 Å². The molecule has 0 atom stereocenters. The molecule has 0 aliphatic rings. The molecule has 0 saturated heterocycles. The van der Waals surface area contributed by atoms with E-state index in [4.69, 9.17) is 4.74 Å². The topological polar surface area (TPSA) is 73.5 Å². The molecule has 0 unspecified atom stereocenters. The van der Waals surface area contributed by atoms with Gasteiger partial charge in [0, 0.05) is 25.7 Å². The summed E-state index contributed by atoms with van der Waals surface area (Å²) >= 11 is 0. The number of ether oxygens (including phenoxy) is 1. The Morgan fingerprint density at radius 3 is 2.35 bits per heavy atom. The lowest BCUT2D eigenvalue weighted by atomic mass is 10.1. The fourth-order valence-electron chi connectivity index (χ4n) is 1.93. The summed E-state index contributed by atoms with van der Waals surface area (Å²) in [6.07, 6.45) is 2.39. The van der Waals surface area contributed by atoms with Gasteiger partial charge in [-0.3, -0.25) is 4.79 Å². The maximum Gasteiger partial charge on any atom is 0.339 e. The SMILES string of the molecule is Cc1ccc(CN(C)C(=O)COC(=O)c2cc[n+]([O-])cc2)cc1. The van der Waals surface area contributed by atoms with E-state index in [9.17, 15) is 14.8 Å². The number of hydrogen-bond acceptors (Lipinski definition) is 4. The van der Waals surface area contributed by atoms with Gasteiger partial charge in [-0.05, 0) is 12.5 Å². The monoisotopic (exact) mass is 314 g/mol. The Labute approximate surface area is 134 Å². The van der Waals surface area contributed by atoms with Gasteiger partial charge in [0.15, 0.2) is 19.0 Å². The predicted octanol–water partition coefficient (Wildman–Crippen LogP) is 1.44. The number of esters is 1. The first kappa shape index (κ1) is 16.5. The summed E-state index contributed by atoms with van der Waals surface area (Å²) in [6, 6.07) is 10.5. The van der Waals surface area contributed by atoms with Crippen LogP contribution >= 0.6 is 0 Å². The van der Waals surface area contributed by atoms with Crippen molar-refractivity contribution in [3.63, 3.8) is 0 Å². The van der Waals surface area contributed by atoms with E-state index in [1.54, 1.807) is 7.05 Å². The average molecular weight is 314 g/mol. The highest BCUT2D eigenvalue weighted by atomic mass is 16.5. The molecule has 0 bridgehead atoms. The minimum atomic E-state index is -0.636. The van der Waals surface area contributed by atoms with Gasteiger partial charge >= 0.3 is 5.97 Å². The van der Waals surface area contributed by atoms with Crippen molar-refractivity contribution in [2.45, 2.75) is 13.5 Å². The van der Waals surface area contributed by atoms with Gasteiger partial charge in [0.25, 0.3) is 5.91 Å². The Morgan fingerprint density at radius 2 is 1.74 bits per heavy atom. The summed E-state index contributed by atoms with van der Waals surface area (Å²) in [5.74, 6) is -0.934. The Morgan fingerprint density at radius 1 is 1.13 bits per heavy atom. The normalized spacial score (nSPS) is 10.2. The standard InChI is InChI=1S/C17H18N2O4/c1-13-3-5-14(6-4-13)11-18(2)16(20)12-23-17(21)15-7-9-19(22)10-8-15/h3-10H,11-12H2,1-2H3. The molecule has 0 saturated carbocycles. The van der Waals surface area contributed by atoms with Crippen LogP contribution in [0.2, 0.25) is 0 Å². The van der Waals surface area contributed by atoms with Crippen molar-refractivity contribution < 1.29 is 19.1 Å². The Balaban J connectivity index is 1.84. The number of aryl methyl sites for hydroxylation is 1. The third-order valence-corrected chi connectivity index (χ3v) is 3.33. The van der Waals surface area contributed by atoms with E-state index in [0.717, 1.165) is 11.1 Å². The minimum Gasteiger partial charge on any atom is -0.619 e. The summed E-state index contributed by atoms with van der Waals surface area (Å²) < 4.78 is 5.53. The molecule has 0 aliphatic carbocycles. The number of carbonyl (C=O) groups is 2. The molecule has 1 aromatic carbocycles. The maximum atomic E-state index is 12.0. The van der Waals surface area contributed by atoms with Crippen LogP contribution in [0.25, 0.3) is 0 Å². The molecule has 0 spiro atoms. The molecule has 1 amide bonds. The van der Waals surface area contributed by atoms with Crippen LogP contribution in [0.1, 0.15) is 21.5 Å². The molecule has 2 rings (SSSR count). The average Bonchev–Trinajstić information content (AvgIpc) is 2.55. The second-order valence-electron chi connectivity index (χ2n) is 5.26. The van der Waals surface area contributed by atoms with Crippen molar-refractivity contribution in [3.8, 4) is 0 Å². The van der Waals surface area contributed by atoms with Crippen LogP contribution in [0.3, 0.4) is 0 Å². The van der Waals surface area contributed by atoms with Crippen molar-refractivity contribution in [1.29, 1.82) is 0 Å². The summed E-state index contributed by atoms with van der Waals surface area (Å²) in [5, 5.41) is 10.9. The maximum absolute atomic E-state index is 12.0. The van der Waals surface area contributed by atoms with Crippen LogP contribution in [0, 0.1) is 12.1 Å². The molecule has 1 heterocycles. The number of nitrogens with zero attached hydrogens (tertiary/aromatic N) is 2. The highest BCUT2D eigenvalue weighted by molar-refractivity contribution is 5.91. The fraction of sp³-hybridized carbons (Fsp3) is 0.235. The molecular formula is C17H18N2O4. The molecular weight excluding hydrogens is 296 g/mol. The Hall–Kier alpha value is -2.89. The molecule has 0 N–H and O–H groups in total. The highest BCUT2D eigenvalue weighted by Gasteiger charge is 2.14. The summed E-state index contributed by atoms with van der Waals surface area (Å²) in [6.45, 7) is 2.10. The minimum absolute atomic E-state index is 0.228. The summed E-state index contributed by atoms with van der Waals surface area (Å²) in [5.41, 5.74) is 2.38. The van der Waals surface area contributed by atoms with Crippen LogP contribution in [0.4, 0.5) is 0 Å².